The standard InChI is InChI=1S/C25H22N2O2/c1-16-22-15-21(14-20-8-5-13-27(23(20)22)25(16)29)26-24(28)19-11-9-18(10-12-19)17-6-3-2-4-7-17/h2-4,6-7,9-12,14-16H,5,8,13H2,1H3,(H,26,28)/t16-/m1/s1. The van der Waals surface area contributed by atoms with Crippen LogP contribution in [0, 0.1) is 0 Å². The van der Waals surface area contributed by atoms with Crippen molar-refractivity contribution in [1.29, 1.82) is 0 Å². The van der Waals surface area contributed by atoms with Crippen LogP contribution >= 0.6 is 0 Å². The molecule has 4 nitrogen and oxygen atoms in total. The lowest BCUT2D eigenvalue weighted by molar-refractivity contribution is -0.119. The molecule has 2 amide bonds. The predicted molar refractivity (Wildman–Crippen MR) is 115 cm³/mol. The van der Waals surface area contributed by atoms with Crippen LogP contribution in [0.25, 0.3) is 11.1 Å². The van der Waals surface area contributed by atoms with Crippen LogP contribution < -0.4 is 10.2 Å². The van der Waals surface area contributed by atoms with Crippen LogP contribution in [0.15, 0.2) is 66.7 Å². The first-order valence-electron chi connectivity index (χ1n) is 10.1. The lowest BCUT2D eigenvalue weighted by Crippen LogP contribution is -2.32. The highest BCUT2D eigenvalue weighted by Crippen LogP contribution is 2.44. The molecule has 144 valence electrons. The van der Waals surface area contributed by atoms with Gasteiger partial charge in [0, 0.05) is 17.8 Å². The second-order valence-electron chi connectivity index (χ2n) is 7.79. The molecule has 4 heteroatoms. The Morgan fingerprint density at radius 3 is 2.48 bits per heavy atom. The number of hydrogen-bond donors (Lipinski definition) is 1. The molecule has 3 aromatic carbocycles. The third-order valence-corrected chi connectivity index (χ3v) is 5.93. The minimum atomic E-state index is -0.149. The molecule has 0 spiro atoms. The number of amides is 2. The van der Waals surface area contributed by atoms with Gasteiger partial charge in [0.2, 0.25) is 5.91 Å². The Morgan fingerprint density at radius 2 is 1.72 bits per heavy atom. The number of anilines is 2. The zero-order chi connectivity index (χ0) is 20.0. The van der Waals surface area contributed by atoms with Crippen molar-refractivity contribution in [1.82, 2.24) is 0 Å². The Bertz CT molecular complexity index is 1100. The summed E-state index contributed by atoms with van der Waals surface area (Å²) in [6, 6.07) is 21.7. The van der Waals surface area contributed by atoms with E-state index in [1.807, 2.05) is 66.4 Å². The Hall–Kier alpha value is -3.40. The summed E-state index contributed by atoms with van der Waals surface area (Å²) in [4.78, 5) is 27.2. The van der Waals surface area contributed by atoms with Gasteiger partial charge in [-0.3, -0.25) is 9.59 Å². The topological polar surface area (TPSA) is 49.4 Å². The molecule has 3 aromatic rings. The van der Waals surface area contributed by atoms with Gasteiger partial charge in [-0.2, -0.15) is 0 Å². The highest BCUT2D eigenvalue weighted by atomic mass is 16.2. The molecular formula is C25H22N2O2. The van der Waals surface area contributed by atoms with Crippen molar-refractivity contribution in [2.45, 2.75) is 25.7 Å². The van der Waals surface area contributed by atoms with Gasteiger partial charge in [-0.15, -0.1) is 0 Å². The molecule has 29 heavy (non-hydrogen) atoms. The van der Waals surface area contributed by atoms with Crippen molar-refractivity contribution in [3.63, 3.8) is 0 Å². The summed E-state index contributed by atoms with van der Waals surface area (Å²) >= 11 is 0. The smallest absolute Gasteiger partial charge is 0.255 e. The zero-order valence-electron chi connectivity index (χ0n) is 16.3. The first kappa shape index (κ1) is 17.7. The van der Waals surface area contributed by atoms with Crippen LogP contribution in [0.4, 0.5) is 11.4 Å². The van der Waals surface area contributed by atoms with E-state index in [0.717, 1.165) is 53.0 Å². The Labute approximate surface area is 170 Å². The zero-order valence-corrected chi connectivity index (χ0v) is 16.3. The van der Waals surface area contributed by atoms with Gasteiger partial charge in [0.1, 0.15) is 0 Å². The maximum Gasteiger partial charge on any atom is 0.255 e. The normalized spacial score (nSPS) is 17.2. The summed E-state index contributed by atoms with van der Waals surface area (Å²) < 4.78 is 0. The Kier molecular flexibility index (Phi) is 4.20. The van der Waals surface area contributed by atoms with E-state index in [0.29, 0.717) is 5.56 Å². The predicted octanol–water partition coefficient (Wildman–Crippen LogP) is 5.00. The molecule has 0 saturated heterocycles. The molecule has 2 aliphatic rings. The quantitative estimate of drug-likeness (QED) is 0.693. The van der Waals surface area contributed by atoms with Crippen LogP contribution in [0.1, 0.15) is 40.7 Å². The summed E-state index contributed by atoms with van der Waals surface area (Å²) in [6.07, 6.45) is 1.90. The summed E-state index contributed by atoms with van der Waals surface area (Å²) in [5, 5.41) is 3.03. The van der Waals surface area contributed by atoms with E-state index in [-0.39, 0.29) is 17.7 Å². The highest BCUT2D eigenvalue weighted by Gasteiger charge is 2.37. The number of nitrogens with zero attached hydrogens (tertiary/aromatic N) is 1. The Balaban J connectivity index is 1.40. The molecule has 0 aliphatic carbocycles. The maximum atomic E-state index is 12.8. The monoisotopic (exact) mass is 382 g/mol. The van der Waals surface area contributed by atoms with Crippen LogP contribution in [-0.2, 0) is 11.2 Å². The fourth-order valence-electron chi connectivity index (χ4n) is 4.42. The molecule has 0 saturated carbocycles. The number of nitrogens with one attached hydrogen (secondary N) is 1. The molecule has 2 heterocycles. The minimum Gasteiger partial charge on any atom is -0.322 e. The SMILES string of the molecule is C[C@H]1C(=O)N2CCCc3cc(NC(=O)c4ccc(-c5ccccc5)cc4)cc1c32. The average molecular weight is 382 g/mol. The van der Waals surface area contributed by atoms with Gasteiger partial charge in [0.15, 0.2) is 0 Å². The summed E-state index contributed by atoms with van der Waals surface area (Å²) in [6.45, 7) is 2.74. The summed E-state index contributed by atoms with van der Waals surface area (Å²) in [5.41, 5.74) is 6.84. The second kappa shape index (κ2) is 6.89. The van der Waals surface area contributed by atoms with Crippen molar-refractivity contribution in [2.75, 3.05) is 16.8 Å². The van der Waals surface area contributed by atoms with E-state index < -0.39 is 0 Å². The van der Waals surface area contributed by atoms with Gasteiger partial charge in [-0.05, 0) is 66.3 Å². The Morgan fingerprint density at radius 1 is 1.00 bits per heavy atom. The van der Waals surface area contributed by atoms with E-state index in [4.69, 9.17) is 0 Å². The van der Waals surface area contributed by atoms with Crippen LogP contribution in [-0.4, -0.2) is 18.4 Å². The maximum absolute atomic E-state index is 12.8. The number of benzene rings is 3. The van der Waals surface area contributed by atoms with Crippen molar-refractivity contribution in [2.24, 2.45) is 0 Å². The minimum absolute atomic E-state index is 0.138. The third-order valence-electron chi connectivity index (χ3n) is 5.93. The fourth-order valence-corrected chi connectivity index (χ4v) is 4.42. The van der Waals surface area contributed by atoms with Crippen LogP contribution in [0.3, 0.4) is 0 Å². The van der Waals surface area contributed by atoms with Crippen molar-refractivity contribution >= 4 is 23.2 Å². The van der Waals surface area contributed by atoms with Gasteiger partial charge in [-0.25, -0.2) is 0 Å². The largest absolute Gasteiger partial charge is 0.322 e. The van der Waals surface area contributed by atoms with E-state index in [9.17, 15) is 9.59 Å². The molecule has 2 aliphatic heterocycles. The second-order valence-corrected chi connectivity index (χ2v) is 7.79. The van der Waals surface area contributed by atoms with E-state index in [2.05, 4.69) is 17.4 Å². The van der Waals surface area contributed by atoms with Crippen LogP contribution in [0.2, 0.25) is 0 Å². The van der Waals surface area contributed by atoms with Gasteiger partial charge in [-0.1, -0.05) is 42.5 Å². The lowest BCUT2D eigenvalue weighted by atomic mass is 9.96. The third kappa shape index (κ3) is 3.01. The van der Waals surface area contributed by atoms with Crippen molar-refractivity contribution < 1.29 is 9.59 Å². The molecule has 0 aromatic heterocycles. The number of rotatable bonds is 3. The van der Waals surface area contributed by atoms with Gasteiger partial charge in [0.05, 0.1) is 11.6 Å². The molecule has 0 fully saturated rings. The number of carbonyl (C=O) groups is 2. The lowest BCUT2D eigenvalue weighted by Gasteiger charge is -2.26. The first-order chi connectivity index (χ1) is 14.1. The van der Waals surface area contributed by atoms with Crippen LogP contribution in [0.5, 0.6) is 0 Å². The summed E-state index contributed by atoms with van der Waals surface area (Å²) in [5.74, 6) is -0.119. The molecule has 0 bridgehead atoms. The fraction of sp³-hybridized carbons (Fsp3) is 0.200. The molecule has 0 radical (unpaired) electrons. The van der Waals surface area contributed by atoms with E-state index in [1.165, 1.54) is 0 Å². The first-order valence-corrected chi connectivity index (χ1v) is 10.1. The average Bonchev–Trinajstić information content (AvgIpc) is 3.01. The molecule has 5 rings (SSSR count). The molecule has 1 atom stereocenters. The molecular weight excluding hydrogens is 360 g/mol. The molecule has 0 unspecified atom stereocenters. The van der Waals surface area contributed by atoms with Gasteiger partial charge >= 0.3 is 0 Å². The molecule has 1 N–H and O–H groups in total. The number of carbonyl (C=O) groups excluding carboxylic acids is 2. The van der Waals surface area contributed by atoms with E-state index in [1.54, 1.807) is 0 Å². The number of hydrogen-bond acceptors (Lipinski definition) is 2. The van der Waals surface area contributed by atoms with Gasteiger partial charge < -0.3 is 10.2 Å². The van der Waals surface area contributed by atoms with Crippen molar-refractivity contribution in [3.05, 3.63) is 83.4 Å². The highest BCUT2D eigenvalue weighted by molar-refractivity contribution is 6.08. The van der Waals surface area contributed by atoms with Crippen molar-refractivity contribution in [3.8, 4) is 11.1 Å². The summed E-state index contributed by atoms with van der Waals surface area (Å²) in [7, 11) is 0. The van der Waals surface area contributed by atoms with E-state index >= 15 is 0 Å². The number of aryl methyl sites for hydroxylation is 1. The van der Waals surface area contributed by atoms with Gasteiger partial charge in [0.25, 0.3) is 5.91 Å².